The van der Waals surface area contributed by atoms with Gasteiger partial charge in [-0.15, -0.1) is 3.89 Å². The van der Waals surface area contributed by atoms with E-state index in [0.29, 0.717) is 5.69 Å². The number of amides is 1. The van der Waals surface area contributed by atoms with Crippen molar-refractivity contribution in [2.45, 2.75) is 11.7 Å². The maximum atomic E-state index is 12.8. The third-order valence-corrected chi connectivity index (χ3v) is 3.68. The van der Waals surface area contributed by atoms with E-state index < -0.39 is 21.4 Å². The molecule has 0 radical (unpaired) electrons. The summed E-state index contributed by atoms with van der Waals surface area (Å²) in [6.45, 7) is -0.232. The summed E-state index contributed by atoms with van der Waals surface area (Å²) in [4.78, 5) is 25.8. The molecule has 6 nitrogen and oxygen atoms in total. The molecule has 1 aliphatic heterocycles. The van der Waals surface area contributed by atoms with Gasteiger partial charge in [0.15, 0.2) is 0 Å². The van der Waals surface area contributed by atoms with Crippen LogP contribution in [0.15, 0.2) is 23.1 Å². The summed E-state index contributed by atoms with van der Waals surface area (Å²) in [5.41, 5.74) is 0.0100. The molecule has 8 heteroatoms. The van der Waals surface area contributed by atoms with Crippen LogP contribution in [-0.2, 0) is 15.0 Å². The summed E-state index contributed by atoms with van der Waals surface area (Å²) in [5.74, 6) is -0.483. The van der Waals surface area contributed by atoms with Crippen LogP contribution in [0.2, 0.25) is 0 Å². The minimum Gasteiger partial charge on any atom is -0.327 e. The smallest absolute Gasteiger partial charge is 0.307 e. The van der Waals surface area contributed by atoms with Gasteiger partial charge in [-0.1, -0.05) is 0 Å². The number of carbonyl (C=O) groups excluding carboxylic acids is 1. The van der Waals surface area contributed by atoms with Crippen LogP contribution >= 0.6 is 0 Å². The van der Waals surface area contributed by atoms with Crippen molar-refractivity contribution in [1.29, 1.82) is 0 Å². The van der Waals surface area contributed by atoms with E-state index in [2.05, 4.69) is 4.98 Å². The Morgan fingerprint density at radius 2 is 2.06 bits per heavy atom. The van der Waals surface area contributed by atoms with E-state index >= 15 is 0 Å². The molecule has 1 fully saturated rings. The van der Waals surface area contributed by atoms with E-state index in [1.54, 1.807) is 0 Å². The van der Waals surface area contributed by atoms with E-state index in [-0.39, 0.29) is 18.5 Å². The van der Waals surface area contributed by atoms with Crippen molar-refractivity contribution < 1.29 is 17.1 Å². The van der Waals surface area contributed by atoms with Crippen LogP contribution in [0.3, 0.4) is 0 Å². The number of aromatic amines is 1. The van der Waals surface area contributed by atoms with Gasteiger partial charge in [-0.3, -0.25) is 9.59 Å². The third kappa shape index (κ3) is 2.36. The number of halogens is 1. The lowest BCUT2D eigenvalue weighted by molar-refractivity contribution is -0.117. The molecule has 1 saturated heterocycles. The topological polar surface area (TPSA) is 87.3 Å². The molecule has 1 aromatic heterocycles. The van der Waals surface area contributed by atoms with Crippen molar-refractivity contribution in [3.05, 3.63) is 28.7 Å². The fourth-order valence-corrected chi connectivity index (χ4v) is 2.35. The monoisotopic (exact) mass is 260 g/mol. The Hall–Kier alpha value is -1.70. The number of rotatable bonds is 2. The summed E-state index contributed by atoms with van der Waals surface area (Å²) >= 11 is 0. The zero-order valence-electron chi connectivity index (χ0n) is 8.59. The average Bonchev–Trinajstić information content (AvgIpc) is 2.61. The van der Waals surface area contributed by atoms with Gasteiger partial charge < -0.3 is 9.88 Å². The molecule has 0 aliphatic carbocycles. The van der Waals surface area contributed by atoms with Gasteiger partial charge in [0.25, 0.3) is 0 Å². The van der Waals surface area contributed by atoms with Crippen LogP contribution < -0.4 is 10.5 Å². The highest BCUT2D eigenvalue weighted by Gasteiger charge is 2.39. The molecule has 2 rings (SSSR count). The highest BCUT2D eigenvalue weighted by atomic mass is 32.3. The van der Waals surface area contributed by atoms with Gasteiger partial charge >= 0.3 is 10.2 Å². The van der Waals surface area contributed by atoms with Crippen molar-refractivity contribution in [1.82, 2.24) is 4.98 Å². The number of nitrogens with one attached hydrogen (secondary N) is 1. The number of hydrogen-bond acceptors (Lipinski definition) is 4. The second-order valence-electron chi connectivity index (χ2n) is 3.72. The number of carbonyl (C=O) groups is 1. The highest BCUT2D eigenvalue weighted by Crippen LogP contribution is 2.24. The quantitative estimate of drug-likeness (QED) is 0.745. The zero-order valence-corrected chi connectivity index (χ0v) is 9.41. The van der Waals surface area contributed by atoms with Crippen LogP contribution in [0.25, 0.3) is 0 Å². The van der Waals surface area contributed by atoms with Crippen LogP contribution in [-0.4, -0.2) is 31.1 Å². The summed E-state index contributed by atoms with van der Waals surface area (Å²) < 4.78 is 34.2. The fourth-order valence-electron chi connectivity index (χ4n) is 1.68. The maximum absolute atomic E-state index is 12.8. The molecule has 2 heterocycles. The molecule has 1 N–H and O–H groups in total. The van der Waals surface area contributed by atoms with Gasteiger partial charge in [0.1, 0.15) is 5.25 Å². The SMILES string of the molecule is O=C1CC(S(=O)(=O)F)CN1c1ccc(=O)[nH]c1. The first kappa shape index (κ1) is 11.8. The molecule has 1 atom stereocenters. The Morgan fingerprint density at radius 3 is 2.53 bits per heavy atom. The van der Waals surface area contributed by atoms with Crippen molar-refractivity contribution in [2.24, 2.45) is 0 Å². The van der Waals surface area contributed by atoms with Crippen LogP contribution in [0.1, 0.15) is 6.42 Å². The molecule has 17 heavy (non-hydrogen) atoms. The Labute approximate surface area is 96.3 Å². The molecule has 1 aliphatic rings. The summed E-state index contributed by atoms with van der Waals surface area (Å²) in [5, 5.41) is -1.33. The van der Waals surface area contributed by atoms with E-state index in [1.807, 2.05) is 0 Å². The van der Waals surface area contributed by atoms with Crippen molar-refractivity contribution in [3.8, 4) is 0 Å². The van der Waals surface area contributed by atoms with Crippen LogP contribution in [0, 0.1) is 0 Å². The van der Waals surface area contributed by atoms with Crippen molar-refractivity contribution in [2.75, 3.05) is 11.4 Å². The number of H-pyrrole nitrogens is 1. The second kappa shape index (κ2) is 3.95. The summed E-state index contributed by atoms with van der Waals surface area (Å²) in [7, 11) is -4.72. The lowest BCUT2D eigenvalue weighted by atomic mass is 10.4. The van der Waals surface area contributed by atoms with Gasteiger partial charge in [-0.2, -0.15) is 8.42 Å². The van der Waals surface area contributed by atoms with Crippen molar-refractivity contribution in [3.63, 3.8) is 0 Å². The Balaban J connectivity index is 2.27. The number of anilines is 1. The summed E-state index contributed by atoms with van der Waals surface area (Å²) in [6, 6.07) is 2.59. The molecular weight excluding hydrogens is 251 g/mol. The fraction of sp³-hybridized carbons (Fsp3) is 0.333. The molecule has 0 bridgehead atoms. The molecular formula is C9H9FN2O4S. The van der Waals surface area contributed by atoms with E-state index in [1.165, 1.54) is 18.3 Å². The minimum absolute atomic E-state index is 0.232. The van der Waals surface area contributed by atoms with Gasteiger partial charge in [0, 0.05) is 25.2 Å². The predicted molar refractivity (Wildman–Crippen MR) is 57.8 cm³/mol. The largest absolute Gasteiger partial charge is 0.327 e. The Morgan fingerprint density at radius 1 is 1.35 bits per heavy atom. The number of aromatic nitrogens is 1. The Bertz CT molecular complexity index is 589. The maximum Gasteiger partial charge on any atom is 0.307 e. The molecule has 1 amide bonds. The summed E-state index contributed by atoms with van der Waals surface area (Å²) in [6.07, 6.45) is 0.908. The van der Waals surface area contributed by atoms with Crippen molar-refractivity contribution >= 4 is 21.8 Å². The van der Waals surface area contributed by atoms with Crippen LogP contribution in [0.5, 0.6) is 0 Å². The van der Waals surface area contributed by atoms with E-state index in [4.69, 9.17) is 0 Å². The first-order valence-corrected chi connectivity index (χ1v) is 6.25. The van der Waals surface area contributed by atoms with Gasteiger partial charge in [-0.05, 0) is 6.07 Å². The minimum atomic E-state index is -4.72. The molecule has 1 unspecified atom stereocenters. The first-order chi connectivity index (χ1) is 7.88. The zero-order chi connectivity index (χ0) is 12.6. The standard InChI is InChI=1S/C9H9FN2O4S/c10-17(15,16)7-3-9(14)12(5-7)6-1-2-8(13)11-4-6/h1-2,4,7H,3,5H2,(H,11,13). The lowest BCUT2D eigenvalue weighted by Crippen LogP contribution is -2.27. The van der Waals surface area contributed by atoms with Gasteiger partial charge in [-0.25, -0.2) is 0 Å². The normalized spacial score (nSPS) is 20.9. The van der Waals surface area contributed by atoms with Gasteiger partial charge in [0.05, 0.1) is 5.69 Å². The molecule has 0 aromatic carbocycles. The van der Waals surface area contributed by atoms with E-state index in [9.17, 15) is 21.9 Å². The predicted octanol–water partition coefficient (Wildman–Crippen LogP) is -0.221. The molecule has 1 aromatic rings. The lowest BCUT2D eigenvalue weighted by Gasteiger charge is -2.15. The number of hydrogen-bond donors (Lipinski definition) is 1. The second-order valence-corrected chi connectivity index (χ2v) is 5.33. The first-order valence-electron chi connectivity index (χ1n) is 4.80. The molecule has 0 saturated carbocycles. The number of pyridine rings is 1. The number of nitrogens with zero attached hydrogens (tertiary/aromatic N) is 1. The highest BCUT2D eigenvalue weighted by molar-refractivity contribution is 7.87. The van der Waals surface area contributed by atoms with Crippen LogP contribution in [0.4, 0.5) is 9.57 Å². The molecule has 92 valence electrons. The Kier molecular flexibility index (Phi) is 2.74. The molecule has 0 spiro atoms. The van der Waals surface area contributed by atoms with Gasteiger partial charge in [0.2, 0.25) is 11.5 Å². The average molecular weight is 260 g/mol. The van der Waals surface area contributed by atoms with E-state index in [0.717, 1.165) is 4.90 Å². The third-order valence-electron chi connectivity index (χ3n) is 2.57.